The lowest BCUT2D eigenvalue weighted by atomic mass is 10.2. The van der Waals surface area contributed by atoms with Gasteiger partial charge in [0.1, 0.15) is 11.5 Å². The second-order valence-electron chi connectivity index (χ2n) is 4.86. The number of hydrogen-bond donors (Lipinski definition) is 1. The van der Waals surface area contributed by atoms with Crippen LogP contribution in [0.25, 0.3) is 0 Å². The Bertz CT molecular complexity index is 554. The molecule has 112 valence electrons. The summed E-state index contributed by atoms with van der Waals surface area (Å²) in [6.45, 7) is 3.64. The number of nitrogens with one attached hydrogen (secondary N) is 1. The standard InChI is InChI=1S/C18H23NO2/c1-3-4-13-21-17-11-7-5-9-15(17)14-19-16-10-6-8-12-18(16)20-2/h5-12,19H,3-4,13-14H2,1-2H3. The van der Waals surface area contributed by atoms with E-state index in [4.69, 9.17) is 9.47 Å². The molecule has 0 amide bonds. The Morgan fingerprint density at radius 3 is 2.43 bits per heavy atom. The Morgan fingerprint density at radius 1 is 0.952 bits per heavy atom. The number of anilines is 1. The van der Waals surface area contributed by atoms with Gasteiger partial charge in [-0.3, -0.25) is 0 Å². The molecule has 2 aromatic carbocycles. The summed E-state index contributed by atoms with van der Waals surface area (Å²) in [4.78, 5) is 0. The highest BCUT2D eigenvalue weighted by atomic mass is 16.5. The van der Waals surface area contributed by atoms with Gasteiger partial charge in [0.05, 0.1) is 19.4 Å². The van der Waals surface area contributed by atoms with E-state index in [0.29, 0.717) is 6.54 Å². The summed E-state index contributed by atoms with van der Waals surface area (Å²) in [7, 11) is 1.68. The minimum Gasteiger partial charge on any atom is -0.495 e. The molecule has 3 nitrogen and oxygen atoms in total. The molecule has 0 aliphatic heterocycles. The molecule has 0 unspecified atom stereocenters. The number of benzene rings is 2. The van der Waals surface area contributed by atoms with Gasteiger partial charge in [0.25, 0.3) is 0 Å². The zero-order chi connectivity index (χ0) is 14.9. The van der Waals surface area contributed by atoms with E-state index in [2.05, 4.69) is 18.3 Å². The monoisotopic (exact) mass is 285 g/mol. The Balaban J connectivity index is 2.02. The van der Waals surface area contributed by atoms with Crippen LogP contribution in [-0.4, -0.2) is 13.7 Å². The maximum absolute atomic E-state index is 5.85. The van der Waals surface area contributed by atoms with Crippen LogP contribution in [0.4, 0.5) is 5.69 Å². The average Bonchev–Trinajstić information content (AvgIpc) is 2.54. The fraction of sp³-hybridized carbons (Fsp3) is 0.333. The fourth-order valence-corrected chi connectivity index (χ4v) is 2.10. The van der Waals surface area contributed by atoms with Crippen LogP contribution in [0.1, 0.15) is 25.3 Å². The normalized spacial score (nSPS) is 10.2. The summed E-state index contributed by atoms with van der Waals surface area (Å²) in [6, 6.07) is 16.1. The molecule has 2 aromatic rings. The first kappa shape index (κ1) is 15.2. The molecule has 0 fully saturated rings. The molecule has 0 saturated heterocycles. The number of hydrogen-bond acceptors (Lipinski definition) is 3. The lowest BCUT2D eigenvalue weighted by Gasteiger charge is -2.14. The van der Waals surface area contributed by atoms with Gasteiger partial charge in [0.15, 0.2) is 0 Å². The molecule has 0 aliphatic carbocycles. The van der Waals surface area contributed by atoms with Crippen molar-refractivity contribution in [2.24, 2.45) is 0 Å². The minimum atomic E-state index is 0.711. The van der Waals surface area contributed by atoms with Gasteiger partial charge in [-0.05, 0) is 24.6 Å². The van der Waals surface area contributed by atoms with Crippen LogP contribution in [0.2, 0.25) is 0 Å². The van der Waals surface area contributed by atoms with Crippen molar-refractivity contribution in [3.8, 4) is 11.5 Å². The molecular formula is C18H23NO2. The molecule has 2 rings (SSSR count). The molecule has 3 heteroatoms. The largest absolute Gasteiger partial charge is 0.495 e. The Hall–Kier alpha value is -2.16. The van der Waals surface area contributed by atoms with Crippen molar-refractivity contribution in [3.05, 3.63) is 54.1 Å². The summed E-state index contributed by atoms with van der Waals surface area (Å²) in [5.74, 6) is 1.80. The predicted octanol–water partition coefficient (Wildman–Crippen LogP) is 4.49. The number of unbranched alkanes of at least 4 members (excludes halogenated alkanes) is 1. The first-order chi connectivity index (χ1) is 10.3. The Kier molecular flexibility index (Phi) is 5.95. The Labute approximate surface area is 126 Å². The molecule has 0 radical (unpaired) electrons. The minimum absolute atomic E-state index is 0.711. The van der Waals surface area contributed by atoms with Crippen LogP contribution in [0, 0.1) is 0 Å². The first-order valence-corrected chi connectivity index (χ1v) is 7.42. The van der Waals surface area contributed by atoms with Crippen molar-refractivity contribution in [2.45, 2.75) is 26.3 Å². The van der Waals surface area contributed by atoms with Gasteiger partial charge in [0, 0.05) is 12.1 Å². The highest BCUT2D eigenvalue weighted by Crippen LogP contribution is 2.25. The van der Waals surface area contributed by atoms with E-state index in [1.54, 1.807) is 7.11 Å². The predicted molar refractivity (Wildman–Crippen MR) is 87.2 cm³/mol. The average molecular weight is 285 g/mol. The summed E-state index contributed by atoms with van der Waals surface area (Å²) in [5, 5.41) is 3.41. The van der Waals surface area contributed by atoms with Gasteiger partial charge in [-0.25, -0.2) is 0 Å². The molecule has 0 bridgehead atoms. The van der Waals surface area contributed by atoms with Gasteiger partial charge in [-0.2, -0.15) is 0 Å². The third-order valence-corrected chi connectivity index (χ3v) is 3.30. The smallest absolute Gasteiger partial charge is 0.141 e. The number of para-hydroxylation sites is 3. The van der Waals surface area contributed by atoms with Gasteiger partial charge in [-0.1, -0.05) is 43.7 Å². The highest BCUT2D eigenvalue weighted by molar-refractivity contribution is 5.56. The van der Waals surface area contributed by atoms with Crippen molar-refractivity contribution in [2.75, 3.05) is 19.0 Å². The number of methoxy groups -OCH3 is 1. The number of rotatable bonds is 8. The third-order valence-electron chi connectivity index (χ3n) is 3.30. The van der Waals surface area contributed by atoms with E-state index in [9.17, 15) is 0 Å². The first-order valence-electron chi connectivity index (χ1n) is 7.42. The highest BCUT2D eigenvalue weighted by Gasteiger charge is 2.05. The SMILES string of the molecule is CCCCOc1ccccc1CNc1ccccc1OC. The molecular weight excluding hydrogens is 262 g/mol. The molecule has 0 spiro atoms. The fourth-order valence-electron chi connectivity index (χ4n) is 2.10. The molecule has 0 heterocycles. The molecule has 0 aliphatic rings. The van der Waals surface area contributed by atoms with Crippen molar-refractivity contribution >= 4 is 5.69 Å². The van der Waals surface area contributed by atoms with Crippen molar-refractivity contribution in [1.29, 1.82) is 0 Å². The van der Waals surface area contributed by atoms with Crippen LogP contribution in [0.5, 0.6) is 11.5 Å². The van der Waals surface area contributed by atoms with E-state index in [-0.39, 0.29) is 0 Å². The van der Waals surface area contributed by atoms with Gasteiger partial charge in [-0.15, -0.1) is 0 Å². The number of ether oxygens (including phenoxy) is 2. The lowest BCUT2D eigenvalue weighted by molar-refractivity contribution is 0.306. The summed E-state index contributed by atoms with van der Waals surface area (Å²) < 4.78 is 11.2. The maximum Gasteiger partial charge on any atom is 0.141 e. The lowest BCUT2D eigenvalue weighted by Crippen LogP contribution is -2.05. The summed E-state index contributed by atoms with van der Waals surface area (Å²) >= 11 is 0. The zero-order valence-electron chi connectivity index (χ0n) is 12.8. The second-order valence-corrected chi connectivity index (χ2v) is 4.86. The molecule has 0 saturated carbocycles. The quantitative estimate of drug-likeness (QED) is 0.725. The van der Waals surface area contributed by atoms with Crippen LogP contribution >= 0.6 is 0 Å². The van der Waals surface area contributed by atoms with E-state index < -0.39 is 0 Å². The molecule has 0 aromatic heterocycles. The van der Waals surface area contributed by atoms with E-state index in [0.717, 1.165) is 42.2 Å². The van der Waals surface area contributed by atoms with Gasteiger partial charge >= 0.3 is 0 Å². The molecule has 1 N–H and O–H groups in total. The Morgan fingerprint density at radius 2 is 1.67 bits per heavy atom. The van der Waals surface area contributed by atoms with E-state index in [1.165, 1.54) is 0 Å². The van der Waals surface area contributed by atoms with E-state index >= 15 is 0 Å². The maximum atomic E-state index is 5.85. The zero-order valence-corrected chi connectivity index (χ0v) is 12.8. The van der Waals surface area contributed by atoms with Crippen molar-refractivity contribution in [1.82, 2.24) is 0 Å². The molecule has 21 heavy (non-hydrogen) atoms. The van der Waals surface area contributed by atoms with Gasteiger partial charge < -0.3 is 14.8 Å². The van der Waals surface area contributed by atoms with Crippen LogP contribution < -0.4 is 14.8 Å². The molecule has 0 atom stereocenters. The topological polar surface area (TPSA) is 30.5 Å². The van der Waals surface area contributed by atoms with Crippen LogP contribution in [0.3, 0.4) is 0 Å². The van der Waals surface area contributed by atoms with Crippen molar-refractivity contribution < 1.29 is 9.47 Å². The van der Waals surface area contributed by atoms with Crippen LogP contribution in [-0.2, 0) is 6.54 Å². The second kappa shape index (κ2) is 8.20. The van der Waals surface area contributed by atoms with Crippen molar-refractivity contribution in [3.63, 3.8) is 0 Å². The van der Waals surface area contributed by atoms with E-state index in [1.807, 2.05) is 42.5 Å². The third kappa shape index (κ3) is 4.42. The van der Waals surface area contributed by atoms with Gasteiger partial charge in [0.2, 0.25) is 0 Å². The summed E-state index contributed by atoms with van der Waals surface area (Å²) in [5.41, 5.74) is 2.14. The summed E-state index contributed by atoms with van der Waals surface area (Å²) in [6.07, 6.45) is 2.22. The van der Waals surface area contributed by atoms with Crippen LogP contribution in [0.15, 0.2) is 48.5 Å².